The first-order chi connectivity index (χ1) is 12.0. The summed E-state index contributed by atoms with van der Waals surface area (Å²) in [5.74, 6) is 0. The molecule has 1 aliphatic heterocycles. The second-order valence-corrected chi connectivity index (χ2v) is 8.46. The zero-order valence-corrected chi connectivity index (χ0v) is 15.7. The minimum atomic E-state index is 0.109. The van der Waals surface area contributed by atoms with Gasteiger partial charge in [-0.25, -0.2) is 4.98 Å². The zero-order chi connectivity index (χ0) is 17.4. The Bertz CT molecular complexity index is 919. The fraction of sp³-hybridized carbons (Fsp3) is 0.286. The van der Waals surface area contributed by atoms with E-state index in [9.17, 15) is 0 Å². The Morgan fingerprint density at radius 3 is 2.52 bits per heavy atom. The fourth-order valence-electron chi connectivity index (χ4n) is 3.09. The summed E-state index contributed by atoms with van der Waals surface area (Å²) in [5.41, 5.74) is 3.64. The summed E-state index contributed by atoms with van der Waals surface area (Å²) in [4.78, 5) is 6.23. The van der Waals surface area contributed by atoms with E-state index in [4.69, 9.17) is 4.98 Å². The van der Waals surface area contributed by atoms with E-state index in [0.717, 1.165) is 17.2 Å². The summed E-state index contributed by atoms with van der Waals surface area (Å²) in [6, 6.07) is 18.9. The van der Waals surface area contributed by atoms with Gasteiger partial charge in [0.25, 0.3) is 0 Å². The minimum Gasteiger partial charge on any atom is -0.299 e. The molecule has 0 radical (unpaired) electrons. The van der Waals surface area contributed by atoms with Gasteiger partial charge >= 0.3 is 0 Å². The van der Waals surface area contributed by atoms with Crippen molar-refractivity contribution >= 4 is 22.8 Å². The molecule has 1 aromatic heterocycles. The van der Waals surface area contributed by atoms with Crippen LogP contribution in [0.15, 0.2) is 70.7 Å². The molecule has 128 valence electrons. The van der Waals surface area contributed by atoms with Crippen molar-refractivity contribution in [3.63, 3.8) is 0 Å². The van der Waals surface area contributed by atoms with Gasteiger partial charge in [-0.1, -0.05) is 75.0 Å². The molecule has 1 aliphatic rings. The van der Waals surface area contributed by atoms with Gasteiger partial charge in [-0.05, 0) is 34.1 Å². The zero-order valence-electron chi connectivity index (χ0n) is 14.9. The molecule has 0 saturated carbocycles. The molecule has 1 unspecified atom stereocenters. The maximum absolute atomic E-state index is 4.87. The topological polar surface area (TPSA) is 29.9 Å². The maximum Gasteiger partial charge on any atom is 0.175 e. The Balaban J connectivity index is 1.73. The van der Waals surface area contributed by atoms with Crippen molar-refractivity contribution in [3.05, 3.63) is 71.1 Å². The average molecular weight is 350 g/mol. The molecule has 2 heterocycles. The molecule has 0 spiro atoms. The van der Waals surface area contributed by atoms with Crippen LogP contribution in [0.2, 0.25) is 0 Å². The van der Waals surface area contributed by atoms with Crippen LogP contribution in [0.3, 0.4) is 0 Å². The number of nitrogens with zero attached hydrogens (tertiary/aromatic N) is 2. The van der Waals surface area contributed by atoms with E-state index < -0.39 is 0 Å². The predicted octanol–water partition coefficient (Wildman–Crippen LogP) is 5.36. The summed E-state index contributed by atoms with van der Waals surface area (Å²) in [5, 5.41) is 4.78. The molecule has 3 aromatic rings. The summed E-state index contributed by atoms with van der Waals surface area (Å²) in [6.45, 7) is 7.62. The monoisotopic (exact) mass is 349 g/mol. The van der Waals surface area contributed by atoms with Gasteiger partial charge in [0.15, 0.2) is 5.16 Å². The number of benzene rings is 2. The van der Waals surface area contributed by atoms with Gasteiger partial charge in [0.1, 0.15) is 6.17 Å². The molecule has 4 heteroatoms. The van der Waals surface area contributed by atoms with Gasteiger partial charge in [0.05, 0.1) is 11.0 Å². The first kappa shape index (κ1) is 16.4. The summed E-state index contributed by atoms with van der Waals surface area (Å²) < 4.78 is 2.32. The lowest BCUT2D eigenvalue weighted by molar-refractivity contribution is 0.441. The van der Waals surface area contributed by atoms with E-state index >= 15 is 0 Å². The lowest BCUT2D eigenvalue weighted by atomic mass is 9.95. The van der Waals surface area contributed by atoms with Gasteiger partial charge in [0, 0.05) is 6.54 Å². The lowest BCUT2D eigenvalue weighted by Gasteiger charge is -2.31. The second-order valence-electron chi connectivity index (χ2n) is 7.45. The normalized spacial score (nSPS) is 17.4. The SMILES string of the molecule is CC(C)(C)C1=CC(NCc2ccccc2)n2c(nc3ccccc32)S1. The van der Waals surface area contributed by atoms with E-state index in [0.29, 0.717) is 0 Å². The van der Waals surface area contributed by atoms with Crippen molar-refractivity contribution in [2.45, 2.75) is 38.6 Å². The number of thioether (sulfide) groups is 1. The van der Waals surface area contributed by atoms with Crippen molar-refractivity contribution in [1.29, 1.82) is 0 Å². The molecule has 0 bridgehead atoms. The number of imidazole rings is 1. The molecule has 0 fully saturated rings. The highest BCUT2D eigenvalue weighted by molar-refractivity contribution is 8.03. The van der Waals surface area contributed by atoms with Crippen LogP contribution in [0.1, 0.15) is 32.5 Å². The average Bonchev–Trinajstić information content (AvgIpc) is 2.98. The smallest absolute Gasteiger partial charge is 0.175 e. The number of allylic oxidation sites excluding steroid dienone is 1. The third-order valence-corrected chi connectivity index (χ3v) is 5.89. The molecule has 1 N–H and O–H groups in total. The molecule has 4 rings (SSSR count). The van der Waals surface area contributed by atoms with Crippen molar-refractivity contribution in [3.8, 4) is 0 Å². The number of nitrogens with one attached hydrogen (secondary N) is 1. The highest BCUT2D eigenvalue weighted by Crippen LogP contribution is 2.44. The number of hydrogen-bond acceptors (Lipinski definition) is 3. The Kier molecular flexibility index (Phi) is 4.18. The van der Waals surface area contributed by atoms with Crippen molar-refractivity contribution < 1.29 is 0 Å². The maximum atomic E-state index is 4.87. The quantitative estimate of drug-likeness (QED) is 0.690. The van der Waals surface area contributed by atoms with Crippen LogP contribution in [0, 0.1) is 5.41 Å². The number of para-hydroxylation sites is 2. The highest BCUT2D eigenvalue weighted by atomic mass is 32.2. The summed E-state index contributed by atoms with van der Waals surface area (Å²) in [7, 11) is 0. The highest BCUT2D eigenvalue weighted by Gasteiger charge is 2.29. The standard InChI is InChI=1S/C21H23N3S/c1-21(2,3)18-13-19(22-14-15-9-5-4-6-10-15)24-17-12-8-7-11-16(17)23-20(24)25-18/h4-13,19,22H,14H2,1-3H3. The second kappa shape index (κ2) is 6.36. The van der Waals surface area contributed by atoms with Crippen LogP contribution in [-0.2, 0) is 6.54 Å². The van der Waals surface area contributed by atoms with Crippen LogP contribution < -0.4 is 5.32 Å². The molecular weight excluding hydrogens is 326 g/mol. The molecule has 25 heavy (non-hydrogen) atoms. The molecule has 1 atom stereocenters. The Morgan fingerprint density at radius 1 is 1.04 bits per heavy atom. The van der Waals surface area contributed by atoms with Crippen LogP contribution in [0.25, 0.3) is 11.0 Å². The van der Waals surface area contributed by atoms with Gasteiger partial charge in [0.2, 0.25) is 0 Å². The van der Waals surface area contributed by atoms with E-state index in [1.807, 2.05) is 0 Å². The van der Waals surface area contributed by atoms with E-state index in [-0.39, 0.29) is 11.6 Å². The molecular formula is C21H23N3S. The predicted molar refractivity (Wildman–Crippen MR) is 105 cm³/mol. The molecule has 2 aromatic carbocycles. The molecule has 3 nitrogen and oxygen atoms in total. The van der Waals surface area contributed by atoms with Gasteiger partial charge in [-0.2, -0.15) is 0 Å². The lowest BCUT2D eigenvalue weighted by Crippen LogP contribution is -2.28. The summed E-state index contributed by atoms with van der Waals surface area (Å²) in [6.07, 6.45) is 2.47. The van der Waals surface area contributed by atoms with Crippen LogP contribution in [-0.4, -0.2) is 9.55 Å². The number of aromatic nitrogens is 2. The first-order valence-corrected chi connectivity index (χ1v) is 9.48. The molecule has 0 aliphatic carbocycles. The van der Waals surface area contributed by atoms with Crippen molar-refractivity contribution in [2.24, 2.45) is 5.41 Å². The minimum absolute atomic E-state index is 0.109. The van der Waals surface area contributed by atoms with Crippen molar-refractivity contribution in [2.75, 3.05) is 0 Å². The number of rotatable bonds is 3. The molecule has 0 amide bonds. The van der Waals surface area contributed by atoms with E-state index in [1.54, 1.807) is 11.8 Å². The van der Waals surface area contributed by atoms with Crippen LogP contribution >= 0.6 is 11.8 Å². The largest absolute Gasteiger partial charge is 0.299 e. The van der Waals surface area contributed by atoms with Crippen LogP contribution in [0.5, 0.6) is 0 Å². The summed E-state index contributed by atoms with van der Waals surface area (Å²) >= 11 is 1.79. The Morgan fingerprint density at radius 2 is 1.76 bits per heavy atom. The number of hydrogen-bond donors (Lipinski definition) is 1. The van der Waals surface area contributed by atoms with Crippen molar-refractivity contribution in [1.82, 2.24) is 14.9 Å². The first-order valence-electron chi connectivity index (χ1n) is 8.67. The third-order valence-electron chi connectivity index (χ3n) is 4.45. The van der Waals surface area contributed by atoms with E-state index in [2.05, 4.69) is 91.3 Å². The Hall–Kier alpha value is -2.04. The third kappa shape index (κ3) is 3.24. The van der Waals surface area contributed by atoms with E-state index in [1.165, 1.54) is 16.0 Å². The van der Waals surface area contributed by atoms with Gasteiger partial charge in [-0.3, -0.25) is 9.88 Å². The van der Waals surface area contributed by atoms with Crippen LogP contribution in [0.4, 0.5) is 0 Å². The number of fused-ring (bicyclic) bond motifs is 3. The van der Waals surface area contributed by atoms with Gasteiger partial charge in [-0.15, -0.1) is 0 Å². The fourth-order valence-corrected chi connectivity index (χ4v) is 4.24. The molecule has 0 saturated heterocycles. The van der Waals surface area contributed by atoms with Gasteiger partial charge < -0.3 is 0 Å². The Labute approximate surface area is 153 Å².